The number of nitrogens with zero attached hydrogens (tertiary/aromatic N) is 1. The predicted octanol–water partition coefficient (Wildman–Crippen LogP) is 2.84. The first-order chi connectivity index (χ1) is 11.0. The van der Waals surface area contributed by atoms with Gasteiger partial charge in [-0.25, -0.2) is 9.78 Å². The molecule has 124 valence electrons. The standard InChI is InChI=1S/C16H19F2N3O2/c1-9-11-3-2-4-12(11)14(9)21-16(22)20-8-10-5-6-19-13(7-10)23-15(17)18/h5-7,11-12,14-15H,1-4,8H2,(H2,20,21,22)/t11-,12-,14+/m1/s1. The van der Waals surface area contributed by atoms with Crippen LogP contribution in [0.15, 0.2) is 30.5 Å². The summed E-state index contributed by atoms with van der Waals surface area (Å²) in [5.41, 5.74) is 1.75. The summed E-state index contributed by atoms with van der Waals surface area (Å²) in [5, 5.41) is 5.66. The highest BCUT2D eigenvalue weighted by molar-refractivity contribution is 5.75. The number of carbonyl (C=O) groups excluding carboxylic acids is 1. The van der Waals surface area contributed by atoms with Crippen molar-refractivity contribution in [2.75, 3.05) is 0 Å². The molecule has 0 aliphatic heterocycles. The van der Waals surface area contributed by atoms with Gasteiger partial charge in [0.15, 0.2) is 0 Å². The van der Waals surface area contributed by atoms with Crippen molar-refractivity contribution in [1.82, 2.24) is 15.6 Å². The highest BCUT2D eigenvalue weighted by atomic mass is 19.3. The molecule has 2 amide bonds. The van der Waals surface area contributed by atoms with Gasteiger partial charge in [-0.05, 0) is 36.3 Å². The summed E-state index contributed by atoms with van der Waals surface area (Å²) in [6.07, 6.45) is 4.86. The van der Waals surface area contributed by atoms with E-state index in [4.69, 9.17) is 0 Å². The molecule has 7 heteroatoms. The number of rotatable bonds is 5. The maximum atomic E-state index is 12.1. The Labute approximate surface area is 133 Å². The molecule has 23 heavy (non-hydrogen) atoms. The lowest BCUT2D eigenvalue weighted by molar-refractivity contribution is -0.0529. The summed E-state index contributed by atoms with van der Waals surface area (Å²) >= 11 is 0. The number of pyridine rings is 1. The van der Waals surface area contributed by atoms with Crippen molar-refractivity contribution >= 4 is 6.03 Å². The lowest BCUT2D eigenvalue weighted by atomic mass is 9.68. The van der Waals surface area contributed by atoms with Crippen LogP contribution < -0.4 is 15.4 Å². The van der Waals surface area contributed by atoms with Crippen LogP contribution in [0.3, 0.4) is 0 Å². The molecule has 1 aromatic heterocycles. The van der Waals surface area contributed by atoms with Crippen LogP contribution in [0.2, 0.25) is 0 Å². The van der Waals surface area contributed by atoms with Gasteiger partial charge in [-0.2, -0.15) is 8.78 Å². The molecular weight excluding hydrogens is 304 g/mol. The number of aromatic nitrogens is 1. The molecule has 2 aliphatic carbocycles. The fraction of sp³-hybridized carbons (Fsp3) is 0.500. The molecule has 3 atom stereocenters. The van der Waals surface area contributed by atoms with Crippen LogP contribution in [0.1, 0.15) is 24.8 Å². The van der Waals surface area contributed by atoms with E-state index >= 15 is 0 Å². The summed E-state index contributed by atoms with van der Waals surface area (Å²) in [4.78, 5) is 15.7. The zero-order valence-electron chi connectivity index (χ0n) is 12.6. The largest absolute Gasteiger partial charge is 0.417 e. The molecule has 0 bridgehead atoms. The van der Waals surface area contributed by atoms with Crippen LogP contribution in [0.25, 0.3) is 0 Å². The minimum Gasteiger partial charge on any atom is -0.417 e. The van der Waals surface area contributed by atoms with Gasteiger partial charge in [-0.15, -0.1) is 0 Å². The number of alkyl halides is 2. The van der Waals surface area contributed by atoms with E-state index in [1.807, 2.05) is 0 Å². The molecule has 0 aromatic carbocycles. The second-order valence-electron chi connectivity index (χ2n) is 5.96. The molecule has 2 saturated carbocycles. The number of hydrogen-bond donors (Lipinski definition) is 2. The fourth-order valence-corrected chi connectivity index (χ4v) is 3.53. The van der Waals surface area contributed by atoms with E-state index in [2.05, 4.69) is 26.9 Å². The Bertz CT molecular complexity index is 609. The molecule has 0 saturated heterocycles. The highest BCUT2D eigenvalue weighted by Crippen LogP contribution is 2.49. The maximum absolute atomic E-state index is 12.1. The fourth-order valence-electron chi connectivity index (χ4n) is 3.53. The first-order valence-corrected chi connectivity index (χ1v) is 7.67. The molecule has 1 aromatic rings. The Morgan fingerprint density at radius 1 is 1.48 bits per heavy atom. The summed E-state index contributed by atoms with van der Waals surface area (Å²) in [5.74, 6) is 0.913. The van der Waals surface area contributed by atoms with Gasteiger partial charge in [-0.3, -0.25) is 0 Å². The Kier molecular flexibility index (Phi) is 4.45. The van der Waals surface area contributed by atoms with Crippen LogP contribution in [0.4, 0.5) is 13.6 Å². The first kappa shape index (κ1) is 15.7. The number of amides is 2. The summed E-state index contributed by atoms with van der Waals surface area (Å²) in [6.45, 7) is 1.35. The van der Waals surface area contributed by atoms with Crippen molar-refractivity contribution < 1.29 is 18.3 Å². The van der Waals surface area contributed by atoms with Gasteiger partial charge in [0.05, 0.1) is 6.04 Å². The Morgan fingerprint density at radius 3 is 3.09 bits per heavy atom. The molecule has 0 radical (unpaired) electrons. The average Bonchev–Trinajstić information content (AvgIpc) is 2.95. The third kappa shape index (κ3) is 3.43. The van der Waals surface area contributed by atoms with Gasteiger partial charge in [0.1, 0.15) is 0 Å². The number of carbonyl (C=O) groups is 1. The Morgan fingerprint density at radius 2 is 2.30 bits per heavy atom. The van der Waals surface area contributed by atoms with Crippen molar-refractivity contribution in [2.24, 2.45) is 11.8 Å². The van der Waals surface area contributed by atoms with Crippen molar-refractivity contribution in [3.8, 4) is 5.88 Å². The van der Waals surface area contributed by atoms with Crippen molar-refractivity contribution in [3.05, 3.63) is 36.0 Å². The van der Waals surface area contributed by atoms with Crippen LogP contribution in [0, 0.1) is 11.8 Å². The number of hydrogen-bond acceptors (Lipinski definition) is 3. The van der Waals surface area contributed by atoms with E-state index in [0.29, 0.717) is 17.4 Å². The van der Waals surface area contributed by atoms with Crippen molar-refractivity contribution in [3.63, 3.8) is 0 Å². The molecule has 2 aliphatic rings. The van der Waals surface area contributed by atoms with Gasteiger partial charge >= 0.3 is 12.6 Å². The zero-order chi connectivity index (χ0) is 16.4. The number of fused-ring (bicyclic) bond motifs is 1. The molecule has 3 rings (SSSR count). The molecule has 2 fully saturated rings. The van der Waals surface area contributed by atoms with E-state index in [1.54, 1.807) is 6.07 Å². The normalized spacial score (nSPS) is 25.7. The van der Waals surface area contributed by atoms with Crippen LogP contribution in [-0.2, 0) is 6.54 Å². The van der Waals surface area contributed by atoms with Crippen molar-refractivity contribution in [2.45, 2.75) is 38.5 Å². The summed E-state index contributed by atoms with van der Waals surface area (Å²) < 4.78 is 28.5. The topological polar surface area (TPSA) is 63.2 Å². The number of ether oxygens (including phenoxy) is 1. The predicted molar refractivity (Wildman–Crippen MR) is 80.0 cm³/mol. The first-order valence-electron chi connectivity index (χ1n) is 7.67. The number of halogens is 2. The zero-order valence-corrected chi connectivity index (χ0v) is 12.6. The molecule has 0 unspecified atom stereocenters. The maximum Gasteiger partial charge on any atom is 0.388 e. The lowest BCUT2D eigenvalue weighted by Gasteiger charge is -2.43. The second-order valence-corrected chi connectivity index (χ2v) is 5.96. The highest BCUT2D eigenvalue weighted by Gasteiger charge is 2.47. The van der Waals surface area contributed by atoms with E-state index in [1.165, 1.54) is 25.1 Å². The quantitative estimate of drug-likeness (QED) is 0.819. The molecule has 0 spiro atoms. The molecular formula is C16H19F2N3O2. The lowest BCUT2D eigenvalue weighted by Crippen LogP contribution is -2.54. The minimum atomic E-state index is -2.92. The van der Waals surface area contributed by atoms with Gasteiger partial charge in [0.25, 0.3) is 0 Å². The smallest absolute Gasteiger partial charge is 0.388 e. The van der Waals surface area contributed by atoms with Crippen molar-refractivity contribution in [1.29, 1.82) is 0 Å². The second kappa shape index (κ2) is 6.52. The Hall–Kier alpha value is -2.18. The third-order valence-electron chi connectivity index (χ3n) is 4.62. The summed E-state index contributed by atoms with van der Waals surface area (Å²) in [7, 11) is 0. The van der Waals surface area contributed by atoms with Gasteiger partial charge in [0.2, 0.25) is 5.88 Å². The molecule has 1 heterocycles. The SMILES string of the molecule is C=C1[C@H]2CCC[C@H]2[C@H]1NC(=O)NCc1ccnc(OC(F)F)c1. The minimum absolute atomic E-state index is 0.0534. The molecule has 2 N–H and O–H groups in total. The van der Waals surface area contributed by atoms with Crippen LogP contribution >= 0.6 is 0 Å². The van der Waals surface area contributed by atoms with E-state index in [9.17, 15) is 13.6 Å². The van der Waals surface area contributed by atoms with Gasteiger partial charge in [-0.1, -0.05) is 18.6 Å². The Balaban J connectivity index is 1.48. The average molecular weight is 323 g/mol. The van der Waals surface area contributed by atoms with E-state index < -0.39 is 6.61 Å². The third-order valence-corrected chi connectivity index (χ3v) is 4.62. The molecule has 5 nitrogen and oxygen atoms in total. The van der Waals surface area contributed by atoms with E-state index in [0.717, 1.165) is 12.0 Å². The van der Waals surface area contributed by atoms with E-state index in [-0.39, 0.29) is 24.5 Å². The monoisotopic (exact) mass is 323 g/mol. The van der Waals surface area contributed by atoms with Gasteiger partial charge < -0.3 is 15.4 Å². The van der Waals surface area contributed by atoms with Crippen LogP contribution in [-0.4, -0.2) is 23.7 Å². The number of nitrogens with one attached hydrogen (secondary N) is 2. The van der Waals surface area contributed by atoms with Crippen LogP contribution in [0.5, 0.6) is 5.88 Å². The summed E-state index contributed by atoms with van der Waals surface area (Å²) in [6, 6.07) is 2.78. The van der Waals surface area contributed by atoms with Gasteiger partial charge in [0, 0.05) is 18.8 Å². The number of urea groups is 1.